The molecule has 0 bridgehead atoms. The van der Waals surface area contributed by atoms with Crippen molar-refractivity contribution in [3.63, 3.8) is 0 Å². The van der Waals surface area contributed by atoms with E-state index in [4.69, 9.17) is 5.73 Å². The molecule has 92 valence electrons. The molecule has 1 aliphatic rings. The van der Waals surface area contributed by atoms with E-state index in [1.807, 2.05) is 0 Å². The number of carbonyl (C=O) groups excluding carboxylic acids is 1. The van der Waals surface area contributed by atoms with Gasteiger partial charge < -0.3 is 16.2 Å². The van der Waals surface area contributed by atoms with E-state index in [1.54, 1.807) is 25.1 Å². The van der Waals surface area contributed by atoms with E-state index in [0.717, 1.165) is 19.3 Å². The SMILES string of the molecule is Cc1cc(C(=O)NC2CCCC2N)ccc1O. The zero-order valence-corrected chi connectivity index (χ0v) is 9.94. The monoisotopic (exact) mass is 234 g/mol. The highest BCUT2D eigenvalue weighted by atomic mass is 16.3. The number of hydrogen-bond donors (Lipinski definition) is 3. The Kier molecular flexibility index (Phi) is 3.33. The molecule has 0 heterocycles. The predicted octanol–water partition coefficient (Wildman–Crippen LogP) is 1.31. The maximum Gasteiger partial charge on any atom is 0.251 e. The number of rotatable bonds is 2. The van der Waals surface area contributed by atoms with Gasteiger partial charge in [-0.15, -0.1) is 0 Å². The van der Waals surface area contributed by atoms with Gasteiger partial charge in [-0.05, 0) is 49.9 Å². The van der Waals surface area contributed by atoms with Gasteiger partial charge in [0.15, 0.2) is 0 Å². The summed E-state index contributed by atoms with van der Waals surface area (Å²) < 4.78 is 0. The third-order valence-corrected chi connectivity index (χ3v) is 3.34. The fourth-order valence-corrected chi connectivity index (χ4v) is 2.22. The summed E-state index contributed by atoms with van der Waals surface area (Å²) in [5, 5.41) is 12.3. The Bertz CT molecular complexity index is 431. The van der Waals surface area contributed by atoms with E-state index in [9.17, 15) is 9.90 Å². The van der Waals surface area contributed by atoms with E-state index in [0.29, 0.717) is 11.1 Å². The lowest BCUT2D eigenvalue weighted by Gasteiger charge is -2.17. The number of hydrogen-bond acceptors (Lipinski definition) is 3. The molecule has 0 aliphatic heterocycles. The molecule has 17 heavy (non-hydrogen) atoms. The van der Waals surface area contributed by atoms with E-state index in [-0.39, 0.29) is 23.7 Å². The minimum atomic E-state index is -0.115. The fourth-order valence-electron chi connectivity index (χ4n) is 2.22. The van der Waals surface area contributed by atoms with Crippen LogP contribution in [0.25, 0.3) is 0 Å². The van der Waals surface area contributed by atoms with Crippen LogP contribution in [0.15, 0.2) is 18.2 Å². The van der Waals surface area contributed by atoms with Gasteiger partial charge in [0.05, 0.1) is 0 Å². The Morgan fingerprint density at radius 2 is 2.24 bits per heavy atom. The zero-order chi connectivity index (χ0) is 12.4. The van der Waals surface area contributed by atoms with Crippen molar-refractivity contribution < 1.29 is 9.90 Å². The lowest BCUT2D eigenvalue weighted by Crippen LogP contribution is -2.43. The van der Waals surface area contributed by atoms with Gasteiger partial charge in [0.2, 0.25) is 0 Å². The highest BCUT2D eigenvalue weighted by Crippen LogP contribution is 2.19. The summed E-state index contributed by atoms with van der Waals surface area (Å²) in [5.74, 6) is 0.0922. The molecule has 0 aromatic heterocycles. The molecule has 1 aliphatic carbocycles. The molecule has 4 heteroatoms. The lowest BCUT2D eigenvalue weighted by molar-refractivity contribution is 0.0934. The van der Waals surface area contributed by atoms with Crippen molar-refractivity contribution in [3.8, 4) is 5.75 Å². The van der Waals surface area contributed by atoms with Gasteiger partial charge in [-0.3, -0.25) is 4.79 Å². The number of nitrogens with one attached hydrogen (secondary N) is 1. The number of carbonyl (C=O) groups is 1. The van der Waals surface area contributed by atoms with Gasteiger partial charge in [-0.2, -0.15) is 0 Å². The Labute approximate surface area is 101 Å². The fraction of sp³-hybridized carbons (Fsp3) is 0.462. The zero-order valence-electron chi connectivity index (χ0n) is 9.94. The van der Waals surface area contributed by atoms with Crippen LogP contribution in [0, 0.1) is 6.92 Å². The summed E-state index contributed by atoms with van der Waals surface area (Å²) in [7, 11) is 0. The van der Waals surface area contributed by atoms with E-state index >= 15 is 0 Å². The maximum atomic E-state index is 12.0. The average molecular weight is 234 g/mol. The quantitative estimate of drug-likeness (QED) is 0.722. The molecule has 2 unspecified atom stereocenters. The van der Waals surface area contributed by atoms with Crippen LogP contribution in [-0.2, 0) is 0 Å². The standard InChI is InChI=1S/C13H18N2O2/c1-8-7-9(5-6-12(8)16)13(17)15-11-4-2-3-10(11)14/h5-7,10-11,16H,2-4,14H2,1H3,(H,15,17). The first-order valence-corrected chi connectivity index (χ1v) is 5.94. The van der Waals surface area contributed by atoms with Crippen molar-refractivity contribution in [1.82, 2.24) is 5.32 Å². The minimum absolute atomic E-state index is 0.0668. The topological polar surface area (TPSA) is 75.4 Å². The molecule has 0 radical (unpaired) electrons. The molecule has 4 nitrogen and oxygen atoms in total. The highest BCUT2D eigenvalue weighted by Gasteiger charge is 2.25. The van der Waals surface area contributed by atoms with Crippen molar-refractivity contribution in [2.45, 2.75) is 38.3 Å². The first-order chi connectivity index (χ1) is 8.08. The number of aryl methyl sites for hydroxylation is 1. The first kappa shape index (κ1) is 11.9. The van der Waals surface area contributed by atoms with Crippen LogP contribution in [0.5, 0.6) is 5.75 Å². The number of phenols is 1. The number of amides is 1. The molecule has 1 fully saturated rings. The Hall–Kier alpha value is -1.55. The molecule has 2 rings (SSSR count). The average Bonchev–Trinajstić information content (AvgIpc) is 2.68. The molecule has 1 aromatic rings. The van der Waals surface area contributed by atoms with Crippen molar-refractivity contribution in [1.29, 1.82) is 0 Å². The normalized spacial score (nSPS) is 23.6. The minimum Gasteiger partial charge on any atom is -0.508 e. The summed E-state index contributed by atoms with van der Waals surface area (Å²) in [6.45, 7) is 1.77. The molecule has 1 saturated carbocycles. The summed E-state index contributed by atoms with van der Waals surface area (Å²) >= 11 is 0. The molecule has 0 saturated heterocycles. The Morgan fingerprint density at radius 1 is 1.47 bits per heavy atom. The number of phenolic OH excluding ortho intramolecular Hbond substituents is 1. The van der Waals surface area contributed by atoms with Crippen molar-refractivity contribution in [2.24, 2.45) is 5.73 Å². The molecular weight excluding hydrogens is 216 g/mol. The van der Waals surface area contributed by atoms with Gasteiger partial charge in [-0.1, -0.05) is 0 Å². The number of aromatic hydroxyl groups is 1. The van der Waals surface area contributed by atoms with Crippen LogP contribution in [0.4, 0.5) is 0 Å². The Balaban J connectivity index is 2.06. The van der Waals surface area contributed by atoms with Crippen LogP contribution in [0.2, 0.25) is 0 Å². The van der Waals surface area contributed by atoms with E-state index in [1.165, 1.54) is 0 Å². The van der Waals surface area contributed by atoms with E-state index in [2.05, 4.69) is 5.32 Å². The molecule has 4 N–H and O–H groups in total. The molecule has 2 atom stereocenters. The van der Waals surface area contributed by atoms with Crippen LogP contribution < -0.4 is 11.1 Å². The second-order valence-electron chi connectivity index (χ2n) is 4.68. The van der Waals surface area contributed by atoms with Crippen LogP contribution >= 0.6 is 0 Å². The summed E-state index contributed by atoms with van der Waals surface area (Å²) in [4.78, 5) is 12.0. The molecule has 0 spiro atoms. The van der Waals surface area contributed by atoms with Gasteiger partial charge >= 0.3 is 0 Å². The number of nitrogens with two attached hydrogens (primary N) is 1. The molecule has 1 amide bonds. The largest absolute Gasteiger partial charge is 0.508 e. The van der Waals surface area contributed by atoms with E-state index < -0.39 is 0 Å². The van der Waals surface area contributed by atoms with Gasteiger partial charge in [0, 0.05) is 17.6 Å². The number of benzene rings is 1. The summed E-state index contributed by atoms with van der Waals surface area (Å²) in [6, 6.07) is 5.00. The Morgan fingerprint density at radius 3 is 2.82 bits per heavy atom. The van der Waals surface area contributed by atoms with Gasteiger partial charge in [-0.25, -0.2) is 0 Å². The smallest absolute Gasteiger partial charge is 0.251 e. The van der Waals surface area contributed by atoms with Crippen molar-refractivity contribution >= 4 is 5.91 Å². The highest BCUT2D eigenvalue weighted by molar-refractivity contribution is 5.94. The lowest BCUT2D eigenvalue weighted by atomic mass is 10.1. The predicted molar refractivity (Wildman–Crippen MR) is 65.9 cm³/mol. The summed E-state index contributed by atoms with van der Waals surface area (Å²) in [5.41, 5.74) is 7.18. The molecule has 1 aromatic carbocycles. The van der Waals surface area contributed by atoms with Gasteiger partial charge in [0.25, 0.3) is 5.91 Å². The first-order valence-electron chi connectivity index (χ1n) is 5.94. The van der Waals surface area contributed by atoms with Crippen molar-refractivity contribution in [3.05, 3.63) is 29.3 Å². The van der Waals surface area contributed by atoms with Crippen LogP contribution in [0.1, 0.15) is 35.2 Å². The van der Waals surface area contributed by atoms with Gasteiger partial charge in [0.1, 0.15) is 5.75 Å². The second kappa shape index (κ2) is 4.75. The van der Waals surface area contributed by atoms with Crippen molar-refractivity contribution in [2.75, 3.05) is 0 Å². The third-order valence-electron chi connectivity index (χ3n) is 3.34. The molecular formula is C13H18N2O2. The van der Waals surface area contributed by atoms with Crippen LogP contribution in [0.3, 0.4) is 0 Å². The third kappa shape index (κ3) is 2.58. The maximum absolute atomic E-state index is 12.0. The second-order valence-corrected chi connectivity index (χ2v) is 4.68. The van der Waals surface area contributed by atoms with Crippen LogP contribution in [-0.4, -0.2) is 23.1 Å². The summed E-state index contributed by atoms with van der Waals surface area (Å²) in [6.07, 6.45) is 2.99.